The van der Waals surface area contributed by atoms with Gasteiger partial charge in [-0.15, -0.1) is 11.3 Å². The second kappa shape index (κ2) is 11.1. The number of aromatic nitrogens is 5. The Labute approximate surface area is 252 Å². The SMILES string of the molecule is CCn1cc(-c2cc(C(F)(F)F)nc3sc(C(N)=O)c(NC(=O)c4cn(-c5ccccc5)nc4-c4ccccc4)c23)c(C)n1. The van der Waals surface area contributed by atoms with Gasteiger partial charge in [-0.2, -0.15) is 23.4 Å². The van der Waals surface area contributed by atoms with Gasteiger partial charge in [0.05, 0.1) is 22.6 Å². The zero-order valence-electron chi connectivity index (χ0n) is 23.4. The molecule has 0 aliphatic rings. The minimum atomic E-state index is -4.77. The van der Waals surface area contributed by atoms with Crippen molar-refractivity contribution in [2.24, 2.45) is 5.73 Å². The molecule has 3 N–H and O–H groups in total. The van der Waals surface area contributed by atoms with E-state index in [1.165, 1.54) is 0 Å². The van der Waals surface area contributed by atoms with Crippen LogP contribution < -0.4 is 11.1 Å². The lowest BCUT2D eigenvalue weighted by molar-refractivity contribution is -0.140. The van der Waals surface area contributed by atoms with Gasteiger partial charge >= 0.3 is 6.18 Å². The molecule has 0 radical (unpaired) electrons. The minimum Gasteiger partial charge on any atom is -0.365 e. The Kier molecular flexibility index (Phi) is 7.25. The number of anilines is 1. The van der Waals surface area contributed by atoms with E-state index in [-0.39, 0.29) is 31.9 Å². The third-order valence-corrected chi connectivity index (χ3v) is 8.10. The molecule has 0 spiro atoms. The number of rotatable bonds is 7. The summed E-state index contributed by atoms with van der Waals surface area (Å²) in [6, 6.07) is 19.2. The van der Waals surface area contributed by atoms with Crippen molar-refractivity contribution in [2.75, 3.05) is 5.32 Å². The van der Waals surface area contributed by atoms with Crippen LogP contribution in [-0.2, 0) is 12.7 Å². The van der Waals surface area contributed by atoms with E-state index in [0.717, 1.165) is 6.07 Å². The van der Waals surface area contributed by atoms with Gasteiger partial charge in [-0.25, -0.2) is 9.67 Å². The van der Waals surface area contributed by atoms with Crippen LogP contribution >= 0.6 is 11.3 Å². The Morgan fingerprint density at radius 2 is 1.66 bits per heavy atom. The molecule has 0 aliphatic carbocycles. The first-order chi connectivity index (χ1) is 21.0. The molecule has 0 aliphatic heterocycles. The van der Waals surface area contributed by atoms with Crippen molar-refractivity contribution in [1.82, 2.24) is 24.5 Å². The third-order valence-electron chi connectivity index (χ3n) is 7.00. The number of nitrogens with two attached hydrogens (primary N) is 1. The molecule has 0 bridgehead atoms. The molecule has 9 nitrogen and oxygen atoms in total. The first-order valence-electron chi connectivity index (χ1n) is 13.5. The van der Waals surface area contributed by atoms with Crippen molar-refractivity contribution in [3.63, 3.8) is 0 Å². The molecule has 0 atom stereocenters. The molecule has 13 heteroatoms. The minimum absolute atomic E-state index is 0.0335. The molecular weight excluding hydrogens is 591 g/mol. The van der Waals surface area contributed by atoms with Crippen molar-refractivity contribution in [2.45, 2.75) is 26.6 Å². The van der Waals surface area contributed by atoms with E-state index in [9.17, 15) is 22.8 Å². The zero-order valence-corrected chi connectivity index (χ0v) is 24.2. The number of fused-ring (bicyclic) bond motifs is 1. The van der Waals surface area contributed by atoms with Crippen LogP contribution in [0.15, 0.2) is 79.1 Å². The highest BCUT2D eigenvalue weighted by Gasteiger charge is 2.36. The fourth-order valence-electron chi connectivity index (χ4n) is 4.94. The summed E-state index contributed by atoms with van der Waals surface area (Å²) in [5.41, 5.74) is 7.41. The Hall–Kier alpha value is -5.30. The number of benzene rings is 2. The number of nitrogens with one attached hydrogen (secondary N) is 1. The fourth-order valence-corrected chi connectivity index (χ4v) is 5.94. The van der Waals surface area contributed by atoms with E-state index in [4.69, 9.17) is 5.73 Å². The summed E-state index contributed by atoms with van der Waals surface area (Å²) in [5.74, 6) is -1.56. The summed E-state index contributed by atoms with van der Waals surface area (Å²) >= 11 is 0.681. The maximum absolute atomic E-state index is 14.0. The van der Waals surface area contributed by atoms with Gasteiger partial charge in [-0.05, 0) is 37.6 Å². The summed E-state index contributed by atoms with van der Waals surface area (Å²) in [4.78, 5) is 30.3. The quantitative estimate of drug-likeness (QED) is 0.207. The summed E-state index contributed by atoms with van der Waals surface area (Å²) in [6.07, 6.45) is -1.59. The number of amides is 2. The number of hydrogen-bond acceptors (Lipinski definition) is 6. The number of halogens is 3. The molecule has 222 valence electrons. The molecule has 4 heterocycles. The molecule has 0 saturated heterocycles. The van der Waals surface area contributed by atoms with Gasteiger partial charge in [-0.3, -0.25) is 14.3 Å². The van der Waals surface area contributed by atoms with Crippen molar-refractivity contribution >= 4 is 39.1 Å². The predicted molar refractivity (Wildman–Crippen MR) is 162 cm³/mol. The number of pyridine rings is 1. The van der Waals surface area contributed by atoms with Gasteiger partial charge in [0.25, 0.3) is 11.8 Å². The number of alkyl halides is 3. The van der Waals surface area contributed by atoms with Crippen LogP contribution in [0.5, 0.6) is 0 Å². The number of nitrogens with zero attached hydrogens (tertiary/aromatic N) is 5. The second-order valence-corrected chi connectivity index (χ2v) is 10.9. The van der Waals surface area contributed by atoms with Gasteiger partial charge in [-0.1, -0.05) is 48.5 Å². The molecule has 2 amide bonds. The highest BCUT2D eigenvalue weighted by molar-refractivity contribution is 7.21. The number of thiophene rings is 1. The topological polar surface area (TPSA) is 121 Å². The summed E-state index contributed by atoms with van der Waals surface area (Å²) < 4.78 is 45.1. The van der Waals surface area contributed by atoms with Crippen molar-refractivity contribution in [3.8, 4) is 28.1 Å². The van der Waals surface area contributed by atoms with Crippen LogP contribution in [0.3, 0.4) is 0 Å². The first-order valence-corrected chi connectivity index (χ1v) is 14.3. The van der Waals surface area contributed by atoms with Crippen LogP contribution in [0.25, 0.3) is 38.3 Å². The second-order valence-electron chi connectivity index (χ2n) is 9.88. The van der Waals surface area contributed by atoms with Crippen LogP contribution in [0.2, 0.25) is 0 Å². The van der Waals surface area contributed by atoms with Crippen LogP contribution in [0, 0.1) is 6.92 Å². The maximum Gasteiger partial charge on any atom is 0.433 e. The van der Waals surface area contributed by atoms with Gasteiger partial charge in [0.15, 0.2) is 0 Å². The monoisotopic (exact) mass is 615 g/mol. The summed E-state index contributed by atoms with van der Waals surface area (Å²) in [7, 11) is 0. The number of para-hydroxylation sites is 1. The van der Waals surface area contributed by atoms with E-state index >= 15 is 0 Å². The fraction of sp³-hybridized carbons (Fsp3) is 0.129. The summed E-state index contributed by atoms with van der Waals surface area (Å²) in [5, 5.41) is 12.0. The van der Waals surface area contributed by atoms with Crippen molar-refractivity contribution in [3.05, 3.63) is 101 Å². The largest absolute Gasteiger partial charge is 0.433 e. The Morgan fingerprint density at radius 1 is 0.977 bits per heavy atom. The average Bonchev–Trinajstić information content (AvgIpc) is 3.72. The van der Waals surface area contributed by atoms with Gasteiger partial charge in [0, 0.05) is 35.5 Å². The lowest BCUT2D eigenvalue weighted by Crippen LogP contribution is -2.17. The average molecular weight is 616 g/mol. The van der Waals surface area contributed by atoms with E-state index < -0.39 is 23.7 Å². The molecule has 44 heavy (non-hydrogen) atoms. The number of primary amides is 1. The number of aryl methyl sites for hydroxylation is 2. The maximum atomic E-state index is 14.0. The molecule has 4 aromatic heterocycles. The van der Waals surface area contributed by atoms with E-state index in [0.29, 0.717) is 46.1 Å². The lowest BCUT2D eigenvalue weighted by atomic mass is 10.0. The Balaban J connectivity index is 1.55. The number of hydrogen-bond donors (Lipinski definition) is 2. The van der Waals surface area contributed by atoms with Crippen molar-refractivity contribution < 1.29 is 22.8 Å². The van der Waals surface area contributed by atoms with Crippen LogP contribution in [0.1, 0.15) is 38.3 Å². The molecule has 0 unspecified atom stereocenters. The molecule has 0 fully saturated rings. The Morgan fingerprint density at radius 3 is 2.27 bits per heavy atom. The van der Waals surface area contributed by atoms with Crippen molar-refractivity contribution in [1.29, 1.82) is 0 Å². The van der Waals surface area contributed by atoms with Crippen LogP contribution in [-0.4, -0.2) is 36.4 Å². The molecule has 0 saturated carbocycles. The normalized spacial score (nSPS) is 11.7. The van der Waals surface area contributed by atoms with E-state index in [1.54, 1.807) is 40.8 Å². The summed E-state index contributed by atoms with van der Waals surface area (Å²) in [6.45, 7) is 4.00. The smallest absolute Gasteiger partial charge is 0.365 e. The van der Waals surface area contributed by atoms with Crippen LogP contribution in [0.4, 0.5) is 18.9 Å². The highest BCUT2D eigenvalue weighted by Crippen LogP contribution is 2.44. The van der Waals surface area contributed by atoms with Gasteiger partial charge < -0.3 is 11.1 Å². The molecule has 6 rings (SSSR count). The molecular formula is C31H24F3N7O2S. The van der Waals surface area contributed by atoms with Gasteiger partial charge in [0.1, 0.15) is 21.1 Å². The number of carbonyl (C=O) groups excluding carboxylic acids is 2. The van der Waals surface area contributed by atoms with Gasteiger partial charge in [0.2, 0.25) is 0 Å². The number of carbonyl (C=O) groups is 2. The van der Waals surface area contributed by atoms with E-state index in [1.807, 2.05) is 55.5 Å². The standard InChI is InChI=1S/C31H24F3N7O2S/c1-3-40-15-21(17(2)38-40)20-14-23(31(32,33)34)36-30-24(20)26(27(44-30)28(35)42)37-29(43)22-16-41(19-12-8-5-9-13-19)39-25(22)18-10-6-4-7-11-18/h4-16H,3H2,1-2H3,(H2,35,42)(H,37,43). The Bertz CT molecular complexity index is 2030. The predicted octanol–water partition coefficient (Wildman–Crippen LogP) is 6.71. The first kappa shape index (κ1) is 28.8. The lowest BCUT2D eigenvalue weighted by Gasteiger charge is -2.12. The third kappa shape index (κ3) is 5.22. The highest BCUT2D eigenvalue weighted by atomic mass is 32.1. The molecule has 2 aromatic carbocycles. The van der Waals surface area contributed by atoms with E-state index in [2.05, 4.69) is 20.5 Å². The molecule has 6 aromatic rings. The zero-order chi connectivity index (χ0) is 31.2.